The number of hydrogen-bond acceptors (Lipinski definition) is 20. The number of hydrogen-bond donors (Lipinski definition) is 4. The van der Waals surface area contributed by atoms with Crippen molar-refractivity contribution in [2.24, 2.45) is 0 Å². The van der Waals surface area contributed by atoms with Crippen LogP contribution in [0.2, 0.25) is 10.0 Å². The zero-order chi connectivity index (χ0) is 81.6. The number of fused-ring (bicyclic) bond motifs is 8. The number of aromatic nitrogens is 12. The Morgan fingerprint density at radius 2 is 0.686 bits per heavy atom. The number of benzene rings is 8. The lowest BCUT2D eigenvalue weighted by atomic mass is 9.93. The molecule has 22 nitrogen and oxygen atoms in total. The first-order valence-electron chi connectivity index (χ1n) is 36.3. The molecule has 0 atom stereocenters. The maximum Gasteiger partial charge on any atom is 0.191 e. The molecule has 0 spiro atoms. The second-order valence-corrected chi connectivity index (χ2v) is 29.8. The number of rotatable bonds is 8. The number of thiazole rings is 2. The van der Waals surface area contributed by atoms with Crippen LogP contribution in [0.4, 0.5) is 0 Å². The number of H-pyrrole nitrogens is 4. The fourth-order valence-corrected chi connectivity index (χ4v) is 16.4. The van der Waals surface area contributed by atoms with E-state index in [0.29, 0.717) is 116 Å². The third kappa shape index (κ3) is 14.0. The van der Waals surface area contributed by atoms with Crippen LogP contribution >= 0.6 is 45.9 Å². The first kappa shape index (κ1) is 75.2. The fourth-order valence-electron chi connectivity index (χ4n) is 14.3. The summed E-state index contributed by atoms with van der Waals surface area (Å²) in [5.41, 5.74) is 27.5. The normalized spacial score (nSPS) is 11.1. The van der Waals surface area contributed by atoms with E-state index in [9.17, 15) is 40.2 Å². The van der Waals surface area contributed by atoms with Gasteiger partial charge in [0.15, 0.2) is 45.7 Å². The summed E-state index contributed by atoms with van der Waals surface area (Å²) in [7, 11) is 0. The van der Waals surface area contributed by atoms with E-state index in [4.69, 9.17) is 52.0 Å². The highest BCUT2D eigenvalue weighted by Crippen LogP contribution is 2.43. The predicted octanol–water partition coefficient (Wildman–Crippen LogP) is 20.6. The Morgan fingerprint density at radius 3 is 1.12 bits per heavy atom. The van der Waals surface area contributed by atoms with Crippen molar-refractivity contribution in [3.63, 3.8) is 0 Å². The molecule has 0 unspecified atom stereocenters. The van der Waals surface area contributed by atoms with Crippen molar-refractivity contribution in [1.29, 1.82) is 21.0 Å². The molecule has 0 aliphatic carbocycles. The van der Waals surface area contributed by atoms with Crippen molar-refractivity contribution in [3.05, 3.63) is 326 Å². The Bertz CT molecular complexity index is 7540. The average molecular weight is 1610 g/mol. The number of halogens is 2. The van der Waals surface area contributed by atoms with E-state index in [0.717, 1.165) is 115 Å². The molecule has 20 rings (SSSR count). The van der Waals surface area contributed by atoms with Gasteiger partial charge in [-0.1, -0.05) is 83.9 Å². The van der Waals surface area contributed by atoms with Crippen LogP contribution in [-0.4, -0.2) is 59.8 Å². The first-order valence-corrected chi connectivity index (χ1v) is 38.8. The minimum absolute atomic E-state index is 0.0829. The summed E-state index contributed by atoms with van der Waals surface area (Å²) >= 11 is 16.0. The van der Waals surface area contributed by atoms with Crippen LogP contribution in [0.1, 0.15) is 44.5 Å². The molecular formula is C92H54Cl2N16O6S2. The zero-order valence-electron chi connectivity index (χ0n) is 62.3. The van der Waals surface area contributed by atoms with Crippen molar-refractivity contribution in [2.45, 2.75) is 27.7 Å². The third-order valence-electron chi connectivity index (χ3n) is 20.5. The molecule has 20 aromatic rings. The second kappa shape index (κ2) is 31.4. The number of nitrogens with one attached hydrogen (secondary N) is 4. The van der Waals surface area contributed by atoms with Crippen LogP contribution in [0.5, 0.6) is 0 Å². The molecule has 4 N–H and O–H groups in total. The minimum Gasteiger partial charge on any atom is -0.443 e. The minimum atomic E-state index is -0.140. The molecule has 0 bridgehead atoms. The predicted molar refractivity (Wildman–Crippen MR) is 462 cm³/mol. The van der Waals surface area contributed by atoms with Gasteiger partial charge in [-0.3, -0.25) is 19.2 Å². The van der Waals surface area contributed by atoms with Crippen LogP contribution in [0.15, 0.2) is 259 Å². The van der Waals surface area contributed by atoms with Crippen molar-refractivity contribution in [3.8, 4) is 114 Å². The third-order valence-corrected chi connectivity index (χ3v) is 22.6. The molecule has 0 aliphatic rings. The molecule has 564 valence electrons. The van der Waals surface area contributed by atoms with Gasteiger partial charge in [-0.15, -0.1) is 22.7 Å². The van der Waals surface area contributed by atoms with Gasteiger partial charge in [-0.05, 0) is 169 Å². The summed E-state index contributed by atoms with van der Waals surface area (Å²) in [6.45, 7) is 7.60. The SMILES string of the molecule is Cc1c(C#N)cccc1-c1nc2[nH]ccc(=O)c2cc1-c1cc(Cl)c2ncoc2c1.Cc1c(C#N)cccc1-c1nc2[nH]ccc(=O)c2cc1-c1cc(Cl)c2ncsc2c1.Cc1c(C#N)cccc1-c1nc2[nH]ccc(=O)c2cc1-c1ccc2ncoc2c1.Cc1c(C#N)cccc1-c1nc2[nH]ccc(=O)c2cc1-c1ccc2ncsc2c1. The highest BCUT2D eigenvalue weighted by molar-refractivity contribution is 7.17. The summed E-state index contributed by atoms with van der Waals surface area (Å²) in [6.07, 6.45) is 9.07. The van der Waals surface area contributed by atoms with E-state index >= 15 is 0 Å². The van der Waals surface area contributed by atoms with Crippen molar-refractivity contribution in [2.75, 3.05) is 0 Å². The molecule has 0 aliphatic heterocycles. The average Bonchev–Trinajstić information content (AvgIpc) is 1.06. The van der Waals surface area contributed by atoms with Gasteiger partial charge in [0.1, 0.15) is 33.6 Å². The monoisotopic (exact) mass is 1610 g/mol. The molecule has 0 fully saturated rings. The van der Waals surface area contributed by atoms with Gasteiger partial charge < -0.3 is 28.8 Å². The molecule has 118 heavy (non-hydrogen) atoms. The number of oxazole rings is 2. The lowest BCUT2D eigenvalue weighted by molar-refractivity contribution is 0.602. The molecule has 0 saturated heterocycles. The summed E-state index contributed by atoms with van der Waals surface area (Å²) in [5, 5.41) is 40.8. The van der Waals surface area contributed by atoms with Gasteiger partial charge in [-0.2, -0.15) is 21.0 Å². The van der Waals surface area contributed by atoms with Gasteiger partial charge in [0.05, 0.1) is 132 Å². The number of nitriles is 4. The van der Waals surface area contributed by atoms with Gasteiger partial charge in [-0.25, -0.2) is 39.9 Å². The van der Waals surface area contributed by atoms with Crippen molar-refractivity contribution < 1.29 is 8.83 Å². The second-order valence-electron chi connectivity index (χ2n) is 27.2. The lowest BCUT2D eigenvalue weighted by Gasteiger charge is -2.14. The van der Waals surface area contributed by atoms with Crippen LogP contribution in [0.25, 0.3) is 176 Å². The van der Waals surface area contributed by atoms with Gasteiger partial charge in [0, 0.05) is 93.6 Å². The standard InChI is InChI=1S/C23H13ClN4O2.C23H13ClN4OS.C23H14N4O2.C23H14N4OS/c2*1-12-13(10-25)3-2-4-15(12)21-16(9-17-19(29)5-6-26-23(17)28-21)14-7-18(24)22-20(8-14)30-11-27-22;2*1-13-15(11-24)3-2-4-16(13)22-17(10-18-20(28)7-8-25-23(18)27-22)14-5-6-19-21(9-14)29-12-26-19/h2*2-9,11H,1H3,(H,26,28,29);2*2-10,12H,1H3,(H,25,27,28). The molecule has 12 aromatic heterocycles. The van der Waals surface area contributed by atoms with E-state index < -0.39 is 0 Å². The highest BCUT2D eigenvalue weighted by Gasteiger charge is 2.24. The summed E-state index contributed by atoms with van der Waals surface area (Å²) < 4.78 is 12.9. The van der Waals surface area contributed by atoms with E-state index in [1.165, 1.54) is 48.4 Å². The molecule has 26 heteroatoms. The molecular weight excluding hydrogens is 1560 g/mol. The Kier molecular flexibility index (Phi) is 20.0. The molecule has 0 saturated carbocycles. The van der Waals surface area contributed by atoms with E-state index in [1.54, 1.807) is 78.0 Å². The Hall–Kier alpha value is -15.5. The summed E-state index contributed by atoms with van der Waals surface area (Å²) in [6, 6.07) is 63.6. The topological polar surface area (TPSA) is 356 Å². The smallest absolute Gasteiger partial charge is 0.191 e. The molecule has 0 radical (unpaired) electrons. The van der Waals surface area contributed by atoms with Crippen LogP contribution in [0.3, 0.4) is 0 Å². The molecule has 8 aromatic carbocycles. The van der Waals surface area contributed by atoms with E-state index in [-0.39, 0.29) is 21.7 Å². The summed E-state index contributed by atoms with van der Waals surface area (Å²) in [5.74, 6) is 0. The lowest BCUT2D eigenvalue weighted by Crippen LogP contribution is -2.04. The largest absolute Gasteiger partial charge is 0.443 e. The number of nitrogens with zero attached hydrogens (tertiary/aromatic N) is 12. The number of aromatic amines is 4. The fraction of sp³-hybridized carbons (Fsp3) is 0.0435. The first-order chi connectivity index (χ1) is 57.4. The van der Waals surface area contributed by atoms with Crippen molar-refractivity contribution >= 4 is 133 Å². The highest BCUT2D eigenvalue weighted by atomic mass is 35.5. The Morgan fingerprint density at radius 1 is 0.339 bits per heavy atom. The molecule has 0 amide bonds. The quantitative estimate of drug-likeness (QED) is 0.110. The van der Waals surface area contributed by atoms with Gasteiger partial charge in [0.2, 0.25) is 0 Å². The number of pyridine rings is 8. The van der Waals surface area contributed by atoms with Gasteiger partial charge in [0.25, 0.3) is 0 Å². The molecule has 12 heterocycles. The van der Waals surface area contributed by atoms with Crippen LogP contribution < -0.4 is 21.7 Å². The Balaban J connectivity index is 0.000000113. The van der Waals surface area contributed by atoms with Crippen LogP contribution in [0, 0.1) is 73.0 Å². The van der Waals surface area contributed by atoms with E-state index in [2.05, 4.69) is 70.2 Å². The maximum atomic E-state index is 12.5. The summed E-state index contributed by atoms with van der Waals surface area (Å²) in [4.78, 5) is 98.1. The van der Waals surface area contributed by atoms with Crippen LogP contribution in [-0.2, 0) is 0 Å². The van der Waals surface area contributed by atoms with Gasteiger partial charge >= 0.3 is 0 Å². The Labute approximate surface area is 685 Å². The van der Waals surface area contributed by atoms with Crippen molar-refractivity contribution in [1.82, 2.24) is 59.8 Å². The van der Waals surface area contributed by atoms with E-state index in [1.807, 2.05) is 148 Å². The maximum absolute atomic E-state index is 12.5. The zero-order valence-corrected chi connectivity index (χ0v) is 65.5.